The normalized spacial score (nSPS) is 10.8. The predicted molar refractivity (Wildman–Crippen MR) is 59.8 cm³/mol. The van der Waals surface area contributed by atoms with E-state index in [2.05, 4.69) is 21.0 Å². The number of nitrogens with zero attached hydrogens (tertiary/aromatic N) is 2. The second-order valence-electron chi connectivity index (χ2n) is 3.30. The molecule has 0 aliphatic carbocycles. The maximum Gasteiger partial charge on any atom is 0.307 e. The lowest BCUT2D eigenvalue weighted by Gasteiger charge is -1.99. The summed E-state index contributed by atoms with van der Waals surface area (Å²) in [6, 6.07) is 5.49. The molecule has 0 amide bonds. The fraction of sp³-hybridized carbons (Fsp3) is 0.200. The van der Waals surface area contributed by atoms with Gasteiger partial charge in [-0.05, 0) is 27.6 Å². The van der Waals surface area contributed by atoms with E-state index in [4.69, 9.17) is 5.11 Å². The van der Waals surface area contributed by atoms with Gasteiger partial charge in [-0.1, -0.05) is 12.1 Å². The minimum Gasteiger partial charge on any atom is -0.481 e. The highest BCUT2D eigenvalue weighted by Crippen LogP contribution is 2.26. The third kappa shape index (κ3) is 1.74. The van der Waals surface area contributed by atoms with Crippen LogP contribution in [0.4, 0.5) is 0 Å². The zero-order valence-electron chi connectivity index (χ0n) is 8.07. The Kier molecular flexibility index (Phi) is 2.48. The molecule has 15 heavy (non-hydrogen) atoms. The zero-order chi connectivity index (χ0) is 11.0. The van der Waals surface area contributed by atoms with Crippen molar-refractivity contribution >= 4 is 32.8 Å². The number of carboxylic acid groups (broad SMARTS) is 1. The minimum absolute atomic E-state index is 0.0155. The maximum absolute atomic E-state index is 10.7. The van der Waals surface area contributed by atoms with Crippen molar-refractivity contribution in [2.45, 2.75) is 6.42 Å². The highest BCUT2D eigenvalue weighted by molar-refractivity contribution is 9.10. The Bertz CT molecular complexity index is 533. The molecule has 0 radical (unpaired) electrons. The standard InChI is InChI=1S/C10H9BrN2O2/c1-13-10(11)9-6(5-8(14)15)3-2-4-7(9)12-13/h2-4H,5H2,1H3,(H,14,15). The molecular formula is C10H9BrN2O2. The number of halogens is 1. The summed E-state index contributed by atoms with van der Waals surface area (Å²) < 4.78 is 2.50. The monoisotopic (exact) mass is 268 g/mol. The topological polar surface area (TPSA) is 55.1 Å². The van der Waals surface area contributed by atoms with Crippen molar-refractivity contribution in [3.05, 3.63) is 28.4 Å². The average molecular weight is 269 g/mol. The van der Waals surface area contributed by atoms with Gasteiger partial charge in [0, 0.05) is 12.4 Å². The van der Waals surface area contributed by atoms with Crippen LogP contribution in [0.25, 0.3) is 10.9 Å². The van der Waals surface area contributed by atoms with Gasteiger partial charge in [0.15, 0.2) is 0 Å². The van der Waals surface area contributed by atoms with E-state index in [0.717, 1.165) is 21.1 Å². The SMILES string of the molecule is Cn1nc2cccc(CC(=O)O)c2c1Br. The van der Waals surface area contributed by atoms with Gasteiger partial charge >= 0.3 is 5.97 Å². The van der Waals surface area contributed by atoms with Crippen molar-refractivity contribution in [1.82, 2.24) is 9.78 Å². The molecule has 5 heteroatoms. The number of carbonyl (C=O) groups is 1. The van der Waals surface area contributed by atoms with Crippen LogP contribution in [0.2, 0.25) is 0 Å². The Morgan fingerprint density at radius 3 is 3.00 bits per heavy atom. The largest absolute Gasteiger partial charge is 0.481 e. The van der Waals surface area contributed by atoms with Gasteiger partial charge in [0.1, 0.15) is 4.60 Å². The summed E-state index contributed by atoms with van der Waals surface area (Å²) in [7, 11) is 1.81. The first-order valence-electron chi connectivity index (χ1n) is 4.41. The molecule has 0 aliphatic heterocycles. The summed E-state index contributed by atoms with van der Waals surface area (Å²) >= 11 is 3.40. The van der Waals surface area contributed by atoms with Crippen LogP contribution in [0.15, 0.2) is 22.8 Å². The van der Waals surface area contributed by atoms with E-state index in [-0.39, 0.29) is 6.42 Å². The third-order valence-electron chi connectivity index (χ3n) is 2.22. The Balaban J connectivity index is 2.68. The minimum atomic E-state index is -0.835. The molecule has 4 nitrogen and oxygen atoms in total. The summed E-state index contributed by atoms with van der Waals surface area (Å²) in [6.45, 7) is 0. The van der Waals surface area contributed by atoms with Gasteiger partial charge in [-0.25, -0.2) is 0 Å². The number of carboxylic acids is 1. The van der Waals surface area contributed by atoms with Crippen molar-refractivity contribution in [2.24, 2.45) is 7.05 Å². The highest BCUT2D eigenvalue weighted by atomic mass is 79.9. The molecule has 0 unspecified atom stereocenters. The smallest absolute Gasteiger partial charge is 0.307 e. The Morgan fingerprint density at radius 1 is 1.60 bits per heavy atom. The van der Waals surface area contributed by atoms with Gasteiger partial charge < -0.3 is 5.11 Å². The quantitative estimate of drug-likeness (QED) is 0.906. The van der Waals surface area contributed by atoms with Crippen LogP contribution >= 0.6 is 15.9 Å². The van der Waals surface area contributed by atoms with Crippen LogP contribution in [-0.4, -0.2) is 20.9 Å². The number of aryl methyl sites for hydroxylation is 1. The molecule has 1 aromatic heterocycles. The van der Waals surface area contributed by atoms with E-state index >= 15 is 0 Å². The number of aliphatic carboxylic acids is 1. The molecule has 0 spiro atoms. The van der Waals surface area contributed by atoms with Crippen molar-refractivity contribution in [3.8, 4) is 0 Å². The maximum atomic E-state index is 10.7. The molecule has 2 rings (SSSR count). The Hall–Kier alpha value is -1.36. The second kappa shape index (κ2) is 3.66. The van der Waals surface area contributed by atoms with Gasteiger partial charge in [-0.3, -0.25) is 9.48 Å². The Labute approximate surface area is 94.6 Å². The van der Waals surface area contributed by atoms with Crippen molar-refractivity contribution in [3.63, 3.8) is 0 Å². The van der Waals surface area contributed by atoms with Gasteiger partial charge in [0.25, 0.3) is 0 Å². The van der Waals surface area contributed by atoms with Crippen LogP contribution in [0.5, 0.6) is 0 Å². The first-order chi connectivity index (χ1) is 7.09. The Morgan fingerprint density at radius 2 is 2.33 bits per heavy atom. The number of aromatic nitrogens is 2. The van der Waals surface area contributed by atoms with Crippen LogP contribution in [0.1, 0.15) is 5.56 Å². The zero-order valence-corrected chi connectivity index (χ0v) is 9.65. The molecule has 0 saturated heterocycles. The van der Waals surface area contributed by atoms with Gasteiger partial charge in [-0.2, -0.15) is 5.10 Å². The lowest BCUT2D eigenvalue weighted by molar-refractivity contribution is -0.136. The van der Waals surface area contributed by atoms with E-state index < -0.39 is 5.97 Å². The van der Waals surface area contributed by atoms with Crippen molar-refractivity contribution in [1.29, 1.82) is 0 Å². The molecule has 0 bridgehead atoms. The van der Waals surface area contributed by atoms with Gasteiger partial charge in [0.2, 0.25) is 0 Å². The van der Waals surface area contributed by atoms with Gasteiger partial charge in [-0.15, -0.1) is 0 Å². The molecule has 0 fully saturated rings. The predicted octanol–water partition coefficient (Wildman–Crippen LogP) is 1.96. The second-order valence-corrected chi connectivity index (χ2v) is 4.05. The number of benzene rings is 1. The first-order valence-corrected chi connectivity index (χ1v) is 5.21. The molecule has 2 aromatic rings. The molecule has 0 saturated carbocycles. The van der Waals surface area contributed by atoms with Crippen LogP contribution in [0, 0.1) is 0 Å². The highest BCUT2D eigenvalue weighted by Gasteiger charge is 2.12. The van der Waals surface area contributed by atoms with E-state index in [1.165, 1.54) is 0 Å². The number of hydrogen-bond acceptors (Lipinski definition) is 2. The van der Waals surface area contributed by atoms with E-state index in [9.17, 15) is 4.79 Å². The first kappa shape index (κ1) is 10.2. The number of hydrogen-bond donors (Lipinski definition) is 1. The van der Waals surface area contributed by atoms with Gasteiger partial charge in [0.05, 0.1) is 11.9 Å². The number of fused-ring (bicyclic) bond motifs is 1. The third-order valence-corrected chi connectivity index (χ3v) is 3.13. The number of rotatable bonds is 2. The van der Waals surface area contributed by atoms with Crippen LogP contribution in [-0.2, 0) is 18.3 Å². The lowest BCUT2D eigenvalue weighted by atomic mass is 10.1. The van der Waals surface area contributed by atoms with Crippen LogP contribution in [0.3, 0.4) is 0 Å². The molecular weight excluding hydrogens is 260 g/mol. The lowest BCUT2D eigenvalue weighted by Crippen LogP contribution is -2.00. The van der Waals surface area contributed by atoms with Crippen molar-refractivity contribution in [2.75, 3.05) is 0 Å². The molecule has 0 atom stereocenters. The summed E-state index contributed by atoms with van der Waals surface area (Å²) in [5.41, 5.74) is 1.59. The molecule has 1 heterocycles. The molecule has 78 valence electrons. The van der Waals surface area contributed by atoms with E-state index in [0.29, 0.717) is 0 Å². The van der Waals surface area contributed by atoms with Crippen molar-refractivity contribution < 1.29 is 9.90 Å². The summed E-state index contributed by atoms with van der Waals surface area (Å²) in [5.74, 6) is -0.835. The fourth-order valence-electron chi connectivity index (χ4n) is 1.59. The summed E-state index contributed by atoms with van der Waals surface area (Å²) in [5, 5.41) is 13.9. The summed E-state index contributed by atoms with van der Waals surface area (Å²) in [6.07, 6.45) is 0.0155. The summed E-state index contributed by atoms with van der Waals surface area (Å²) in [4.78, 5) is 10.7. The van der Waals surface area contributed by atoms with E-state index in [1.807, 2.05) is 25.2 Å². The molecule has 1 N–H and O–H groups in total. The average Bonchev–Trinajstić information content (AvgIpc) is 2.43. The fourth-order valence-corrected chi connectivity index (χ4v) is 2.12. The van der Waals surface area contributed by atoms with Crippen LogP contribution < -0.4 is 0 Å². The van der Waals surface area contributed by atoms with E-state index in [1.54, 1.807) is 4.68 Å². The molecule has 1 aromatic carbocycles. The molecule has 0 aliphatic rings.